The lowest BCUT2D eigenvalue weighted by Crippen LogP contribution is -2.44. The van der Waals surface area contributed by atoms with Gasteiger partial charge in [-0.15, -0.1) is 0 Å². The molecule has 0 fully saturated rings. The maximum Gasteiger partial charge on any atom is 0.137 e. The van der Waals surface area contributed by atoms with Crippen molar-refractivity contribution in [3.05, 3.63) is 6.54 Å². The molecule has 0 saturated carbocycles. The molecule has 0 unspecified atom stereocenters. The number of nitrogens with two attached hydrogens (primary N) is 1. The molecule has 0 aromatic carbocycles. The van der Waals surface area contributed by atoms with Gasteiger partial charge in [-0.05, 0) is 13.0 Å². The molecule has 0 aromatic heterocycles. The molecule has 2 heteroatoms. The van der Waals surface area contributed by atoms with Crippen molar-refractivity contribution in [3.63, 3.8) is 0 Å². The molecular formula is C4H12N2+. The molecule has 0 saturated heterocycles. The molecule has 0 spiro atoms. The SMILES string of the molecule is NCCC[CH][NH3+]. The van der Waals surface area contributed by atoms with Crippen molar-refractivity contribution in [2.24, 2.45) is 5.73 Å². The maximum absolute atomic E-state index is 5.17. The first-order chi connectivity index (χ1) is 2.91. The molecule has 0 aromatic rings. The highest BCUT2D eigenvalue weighted by molar-refractivity contribution is 4.44. The monoisotopic (exact) mass is 88.1 g/mol. The van der Waals surface area contributed by atoms with Crippen LogP contribution in [0.4, 0.5) is 0 Å². The van der Waals surface area contributed by atoms with E-state index in [2.05, 4.69) is 5.73 Å². The molecule has 0 heterocycles. The Balaban J connectivity index is 2.34. The van der Waals surface area contributed by atoms with Crippen molar-refractivity contribution < 1.29 is 5.73 Å². The first-order valence-electron chi connectivity index (χ1n) is 2.22. The summed E-state index contributed by atoms with van der Waals surface area (Å²) in [6, 6.07) is 0. The summed E-state index contributed by atoms with van der Waals surface area (Å²) in [5, 5.41) is 0. The first kappa shape index (κ1) is 5.92. The Hall–Kier alpha value is -0.0800. The van der Waals surface area contributed by atoms with E-state index in [-0.39, 0.29) is 0 Å². The second-order valence-electron chi connectivity index (χ2n) is 1.22. The number of hydrogen-bond acceptors (Lipinski definition) is 1. The molecule has 37 valence electrons. The minimum absolute atomic E-state index is 0.784. The Kier molecular flexibility index (Phi) is 4.85. The van der Waals surface area contributed by atoms with E-state index in [1.54, 1.807) is 0 Å². The second-order valence-corrected chi connectivity index (χ2v) is 1.22. The Morgan fingerprint density at radius 1 is 1.67 bits per heavy atom. The molecular weight excluding hydrogens is 76.1 g/mol. The molecule has 0 aliphatic heterocycles. The molecule has 0 amide bonds. The average molecular weight is 88.2 g/mol. The number of hydrogen-bond donors (Lipinski definition) is 2. The van der Waals surface area contributed by atoms with Gasteiger partial charge in [0.15, 0.2) is 0 Å². The van der Waals surface area contributed by atoms with Crippen molar-refractivity contribution in [2.75, 3.05) is 6.54 Å². The van der Waals surface area contributed by atoms with Crippen LogP contribution in [0, 0.1) is 6.54 Å². The van der Waals surface area contributed by atoms with Crippen LogP contribution >= 0.6 is 0 Å². The fourth-order valence-corrected chi connectivity index (χ4v) is 0.262. The lowest BCUT2D eigenvalue weighted by Gasteiger charge is -1.83. The highest BCUT2D eigenvalue weighted by atomic mass is 14.5. The number of quaternary nitrogens is 1. The fourth-order valence-electron chi connectivity index (χ4n) is 0.262. The molecule has 0 bridgehead atoms. The van der Waals surface area contributed by atoms with E-state index in [1.807, 2.05) is 6.54 Å². The van der Waals surface area contributed by atoms with Gasteiger partial charge in [-0.25, -0.2) is 0 Å². The van der Waals surface area contributed by atoms with E-state index in [1.165, 1.54) is 0 Å². The highest BCUT2D eigenvalue weighted by Gasteiger charge is 1.79. The summed E-state index contributed by atoms with van der Waals surface area (Å²) < 4.78 is 0. The van der Waals surface area contributed by atoms with Crippen LogP contribution in [0.15, 0.2) is 0 Å². The minimum Gasteiger partial charge on any atom is -0.350 e. The third-order valence-electron chi connectivity index (χ3n) is 0.612. The smallest absolute Gasteiger partial charge is 0.137 e. The van der Waals surface area contributed by atoms with E-state index < -0.39 is 0 Å². The van der Waals surface area contributed by atoms with Gasteiger partial charge in [-0.1, -0.05) is 0 Å². The van der Waals surface area contributed by atoms with Crippen LogP contribution < -0.4 is 11.5 Å². The summed E-state index contributed by atoms with van der Waals surface area (Å²) in [6.45, 7) is 2.67. The van der Waals surface area contributed by atoms with Crippen LogP contribution in [-0.4, -0.2) is 6.54 Å². The zero-order valence-electron chi connectivity index (χ0n) is 3.98. The maximum atomic E-state index is 5.17. The Bertz CT molecular complexity index is 17.5. The van der Waals surface area contributed by atoms with E-state index in [9.17, 15) is 0 Å². The van der Waals surface area contributed by atoms with Crippen LogP contribution in [0.2, 0.25) is 0 Å². The highest BCUT2D eigenvalue weighted by Crippen LogP contribution is 1.80. The molecule has 0 atom stereocenters. The largest absolute Gasteiger partial charge is 0.350 e. The van der Waals surface area contributed by atoms with Crippen molar-refractivity contribution >= 4 is 0 Å². The van der Waals surface area contributed by atoms with Crippen molar-refractivity contribution in [3.8, 4) is 0 Å². The van der Waals surface area contributed by atoms with Crippen molar-refractivity contribution in [2.45, 2.75) is 12.8 Å². The first-order valence-corrected chi connectivity index (χ1v) is 2.22. The third kappa shape index (κ3) is 3.92. The lowest BCUT2D eigenvalue weighted by atomic mass is 10.3. The molecule has 1 radical (unpaired) electrons. The molecule has 0 rings (SSSR count). The van der Waals surface area contributed by atoms with Gasteiger partial charge in [-0.3, -0.25) is 0 Å². The zero-order valence-corrected chi connectivity index (χ0v) is 3.98. The molecule has 2 nitrogen and oxygen atoms in total. The summed E-state index contributed by atoms with van der Waals surface area (Å²) >= 11 is 0. The van der Waals surface area contributed by atoms with Gasteiger partial charge in [0.25, 0.3) is 0 Å². The summed E-state index contributed by atoms with van der Waals surface area (Å²) in [7, 11) is 0. The van der Waals surface area contributed by atoms with Gasteiger partial charge in [0.05, 0.1) is 0 Å². The summed E-state index contributed by atoms with van der Waals surface area (Å²) in [6.07, 6.45) is 2.12. The molecule has 0 aliphatic carbocycles. The van der Waals surface area contributed by atoms with E-state index >= 15 is 0 Å². The third-order valence-corrected chi connectivity index (χ3v) is 0.612. The topological polar surface area (TPSA) is 53.7 Å². The van der Waals surface area contributed by atoms with E-state index in [0.29, 0.717) is 0 Å². The normalized spacial score (nSPS) is 9.00. The van der Waals surface area contributed by atoms with Crippen molar-refractivity contribution in [1.82, 2.24) is 0 Å². The Morgan fingerprint density at radius 2 is 2.33 bits per heavy atom. The predicted molar refractivity (Wildman–Crippen MR) is 25.5 cm³/mol. The average Bonchev–Trinajstić information content (AvgIpc) is 1.61. The summed E-state index contributed by atoms with van der Waals surface area (Å²) in [4.78, 5) is 0. The van der Waals surface area contributed by atoms with Gasteiger partial charge in [0, 0.05) is 6.42 Å². The van der Waals surface area contributed by atoms with Gasteiger partial charge >= 0.3 is 0 Å². The molecule has 5 N–H and O–H groups in total. The van der Waals surface area contributed by atoms with Gasteiger partial charge in [0.1, 0.15) is 6.54 Å². The minimum atomic E-state index is 0.784. The van der Waals surface area contributed by atoms with Crippen LogP contribution in [0.25, 0.3) is 0 Å². The molecule has 6 heavy (non-hydrogen) atoms. The molecule has 0 aliphatic rings. The standard InChI is InChI=1S/C4H12N2/c5-3-1-2-4-6/h3H,1-2,4,6H2,5H3/q+1. The summed E-state index contributed by atoms with van der Waals surface area (Å²) in [5.41, 5.74) is 8.71. The van der Waals surface area contributed by atoms with E-state index in [4.69, 9.17) is 5.73 Å². The summed E-state index contributed by atoms with van der Waals surface area (Å²) in [5.74, 6) is 0. The predicted octanol–water partition coefficient (Wildman–Crippen LogP) is -0.871. The Labute approximate surface area is 38.5 Å². The quantitative estimate of drug-likeness (QED) is 0.433. The number of unbranched alkanes of at least 4 members (excludes halogenated alkanes) is 1. The van der Waals surface area contributed by atoms with Crippen molar-refractivity contribution in [1.29, 1.82) is 0 Å². The Morgan fingerprint density at radius 3 is 2.50 bits per heavy atom. The zero-order chi connectivity index (χ0) is 4.83. The second kappa shape index (κ2) is 4.92. The van der Waals surface area contributed by atoms with Gasteiger partial charge in [0.2, 0.25) is 0 Å². The fraction of sp³-hybridized carbons (Fsp3) is 0.750. The van der Waals surface area contributed by atoms with Gasteiger partial charge in [-0.2, -0.15) is 0 Å². The van der Waals surface area contributed by atoms with Crippen LogP contribution in [-0.2, 0) is 0 Å². The van der Waals surface area contributed by atoms with E-state index in [0.717, 1.165) is 19.4 Å². The lowest BCUT2D eigenvalue weighted by molar-refractivity contribution is -0.318. The van der Waals surface area contributed by atoms with Crippen LogP contribution in [0.1, 0.15) is 12.8 Å². The van der Waals surface area contributed by atoms with Crippen LogP contribution in [0.5, 0.6) is 0 Å². The van der Waals surface area contributed by atoms with Crippen LogP contribution in [0.3, 0.4) is 0 Å². The number of rotatable bonds is 3. The van der Waals surface area contributed by atoms with Gasteiger partial charge < -0.3 is 11.5 Å².